The zero-order valence-corrected chi connectivity index (χ0v) is 12.4. The van der Waals surface area contributed by atoms with Crippen molar-refractivity contribution in [3.63, 3.8) is 0 Å². The maximum Gasteiger partial charge on any atom is 0.317 e. The molecule has 5 nitrogen and oxygen atoms in total. The lowest BCUT2D eigenvalue weighted by molar-refractivity contribution is -0.143. The lowest BCUT2D eigenvalue weighted by atomic mass is 9.97. The summed E-state index contributed by atoms with van der Waals surface area (Å²) >= 11 is 1.66. The number of urea groups is 1. The molecule has 20 heavy (non-hydrogen) atoms. The van der Waals surface area contributed by atoms with Crippen molar-refractivity contribution in [2.45, 2.75) is 32.7 Å². The molecule has 0 saturated carbocycles. The molecule has 0 spiro atoms. The van der Waals surface area contributed by atoms with Gasteiger partial charge >= 0.3 is 12.0 Å². The molecular weight excluding hydrogens is 276 g/mol. The number of carboxylic acid groups (broad SMARTS) is 1. The number of carbonyl (C=O) groups excluding carboxylic acids is 1. The molecule has 1 fully saturated rings. The van der Waals surface area contributed by atoms with Crippen LogP contribution in [0.25, 0.3) is 0 Å². The van der Waals surface area contributed by atoms with Crippen LogP contribution in [0.4, 0.5) is 4.79 Å². The Hall–Kier alpha value is -1.56. The lowest BCUT2D eigenvalue weighted by Gasteiger charge is -2.30. The van der Waals surface area contributed by atoms with E-state index in [-0.39, 0.29) is 11.9 Å². The van der Waals surface area contributed by atoms with E-state index in [1.807, 2.05) is 5.38 Å². The fourth-order valence-electron chi connectivity index (χ4n) is 2.43. The smallest absolute Gasteiger partial charge is 0.317 e. The third-order valence-corrected chi connectivity index (χ3v) is 4.71. The Kier molecular flexibility index (Phi) is 5.00. The number of nitrogens with one attached hydrogen (secondary N) is 1. The minimum Gasteiger partial charge on any atom is -0.481 e. The van der Waals surface area contributed by atoms with Crippen LogP contribution < -0.4 is 5.32 Å². The van der Waals surface area contributed by atoms with E-state index in [4.69, 9.17) is 5.11 Å². The molecule has 2 rings (SSSR count). The highest BCUT2D eigenvalue weighted by Gasteiger charge is 2.26. The van der Waals surface area contributed by atoms with Crippen molar-refractivity contribution in [3.8, 4) is 0 Å². The third-order valence-electron chi connectivity index (χ3n) is 3.75. The summed E-state index contributed by atoms with van der Waals surface area (Å²) in [5.74, 6) is -1.06. The van der Waals surface area contributed by atoms with Crippen molar-refractivity contribution in [1.82, 2.24) is 10.2 Å². The Balaban J connectivity index is 1.80. The summed E-state index contributed by atoms with van der Waals surface area (Å²) in [7, 11) is 0. The van der Waals surface area contributed by atoms with Gasteiger partial charge in [0.25, 0.3) is 0 Å². The van der Waals surface area contributed by atoms with Crippen LogP contribution in [0.15, 0.2) is 11.4 Å². The van der Waals surface area contributed by atoms with Crippen molar-refractivity contribution >= 4 is 23.3 Å². The molecule has 2 N–H and O–H groups in total. The number of carbonyl (C=O) groups is 2. The van der Waals surface area contributed by atoms with Crippen molar-refractivity contribution in [2.75, 3.05) is 13.1 Å². The van der Waals surface area contributed by atoms with Gasteiger partial charge in [-0.25, -0.2) is 4.79 Å². The molecule has 1 aliphatic rings. The summed E-state index contributed by atoms with van der Waals surface area (Å²) in [4.78, 5) is 25.8. The minimum absolute atomic E-state index is 0.0932. The van der Waals surface area contributed by atoms with Crippen LogP contribution in [0.3, 0.4) is 0 Å². The highest BCUT2D eigenvalue weighted by atomic mass is 32.1. The van der Waals surface area contributed by atoms with Crippen molar-refractivity contribution in [3.05, 3.63) is 21.9 Å². The Labute approximate surface area is 122 Å². The van der Waals surface area contributed by atoms with Gasteiger partial charge in [0.05, 0.1) is 12.5 Å². The number of rotatable bonds is 4. The molecule has 0 radical (unpaired) electrons. The van der Waals surface area contributed by atoms with E-state index in [2.05, 4.69) is 18.3 Å². The van der Waals surface area contributed by atoms with E-state index in [1.54, 1.807) is 16.2 Å². The molecule has 0 aromatic carbocycles. The molecule has 0 unspecified atom stereocenters. The summed E-state index contributed by atoms with van der Waals surface area (Å²) < 4.78 is 0. The van der Waals surface area contributed by atoms with Gasteiger partial charge in [0.2, 0.25) is 0 Å². The highest BCUT2D eigenvalue weighted by molar-refractivity contribution is 7.10. The summed E-state index contributed by atoms with van der Waals surface area (Å²) in [6, 6.07) is 1.99. The highest BCUT2D eigenvalue weighted by Crippen LogP contribution is 2.19. The van der Waals surface area contributed by atoms with Gasteiger partial charge in [0.1, 0.15) is 0 Å². The van der Waals surface area contributed by atoms with Gasteiger partial charge in [0.15, 0.2) is 0 Å². The van der Waals surface area contributed by atoms with E-state index in [9.17, 15) is 9.59 Å². The molecule has 1 aromatic rings. The first-order valence-corrected chi connectivity index (χ1v) is 7.80. The zero-order valence-electron chi connectivity index (χ0n) is 11.6. The number of nitrogens with zero attached hydrogens (tertiary/aromatic N) is 1. The summed E-state index contributed by atoms with van der Waals surface area (Å²) in [6.45, 7) is 3.70. The molecule has 0 aliphatic carbocycles. The van der Waals surface area contributed by atoms with Crippen molar-refractivity contribution in [2.24, 2.45) is 5.92 Å². The molecular formula is C14H20N2O3S. The molecule has 2 heterocycles. The van der Waals surface area contributed by atoms with Gasteiger partial charge in [-0.2, -0.15) is 0 Å². The quantitative estimate of drug-likeness (QED) is 0.896. The normalized spacial score (nSPS) is 16.1. The SMILES string of the molecule is CCc1ccsc1CNC(=O)N1CCC(C(=O)O)CC1. The van der Waals surface area contributed by atoms with Gasteiger partial charge in [-0.05, 0) is 36.3 Å². The standard InChI is InChI=1S/C14H20N2O3S/c1-2-10-5-8-20-12(10)9-15-14(19)16-6-3-11(4-7-16)13(17)18/h5,8,11H,2-4,6-7,9H2,1H3,(H,15,19)(H,17,18). The fraction of sp³-hybridized carbons (Fsp3) is 0.571. The molecule has 0 atom stereocenters. The first kappa shape index (κ1) is 14.8. The predicted molar refractivity (Wildman–Crippen MR) is 77.9 cm³/mol. The number of thiophene rings is 1. The second-order valence-corrected chi connectivity index (χ2v) is 5.98. The molecule has 6 heteroatoms. The first-order chi connectivity index (χ1) is 9.61. The van der Waals surface area contributed by atoms with Crippen LogP contribution in [0.1, 0.15) is 30.2 Å². The average molecular weight is 296 g/mol. The van der Waals surface area contributed by atoms with Gasteiger partial charge in [-0.3, -0.25) is 4.79 Å². The third kappa shape index (κ3) is 3.50. The maximum atomic E-state index is 12.0. The molecule has 1 aromatic heterocycles. The number of amides is 2. The largest absolute Gasteiger partial charge is 0.481 e. The number of likely N-dealkylation sites (tertiary alicyclic amines) is 1. The van der Waals surface area contributed by atoms with Crippen LogP contribution in [0.5, 0.6) is 0 Å². The van der Waals surface area contributed by atoms with Crippen LogP contribution in [-0.4, -0.2) is 35.1 Å². The second kappa shape index (κ2) is 6.74. The number of carboxylic acids is 1. The Morgan fingerprint density at radius 1 is 1.45 bits per heavy atom. The predicted octanol–water partition coefficient (Wildman–Crippen LogP) is 2.32. The Morgan fingerprint density at radius 2 is 2.15 bits per heavy atom. The zero-order chi connectivity index (χ0) is 14.5. The van der Waals surface area contributed by atoms with Gasteiger partial charge in [-0.15, -0.1) is 11.3 Å². The summed E-state index contributed by atoms with van der Waals surface area (Å²) in [5.41, 5.74) is 1.28. The minimum atomic E-state index is -0.753. The fourth-order valence-corrected chi connectivity index (χ4v) is 3.35. The topological polar surface area (TPSA) is 69.6 Å². The van der Waals surface area contributed by atoms with Gasteiger partial charge < -0.3 is 15.3 Å². The number of aliphatic carboxylic acids is 1. The second-order valence-electron chi connectivity index (χ2n) is 4.98. The average Bonchev–Trinajstić information content (AvgIpc) is 2.92. The lowest BCUT2D eigenvalue weighted by Crippen LogP contribution is -2.45. The van der Waals surface area contributed by atoms with Crippen LogP contribution in [-0.2, 0) is 17.8 Å². The monoisotopic (exact) mass is 296 g/mol. The molecule has 0 bridgehead atoms. The molecule has 110 valence electrons. The van der Waals surface area contributed by atoms with E-state index >= 15 is 0 Å². The summed E-state index contributed by atoms with van der Waals surface area (Å²) in [6.07, 6.45) is 2.06. The number of piperidine rings is 1. The molecule has 1 saturated heterocycles. The van der Waals surface area contributed by atoms with E-state index in [0.717, 1.165) is 6.42 Å². The maximum absolute atomic E-state index is 12.0. The Bertz CT molecular complexity index is 479. The van der Waals surface area contributed by atoms with Gasteiger partial charge in [-0.1, -0.05) is 6.92 Å². The van der Waals surface area contributed by atoms with E-state index in [1.165, 1.54) is 10.4 Å². The number of hydrogen-bond acceptors (Lipinski definition) is 3. The first-order valence-electron chi connectivity index (χ1n) is 6.92. The van der Waals surface area contributed by atoms with E-state index in [0.29, 0.717) is 32.5 Å². The van der Waals surface area contributed by atoms with Crippen molar-refractivity contribution in [1.29, 1.82) is 0 Å². The van der Waals surface area contributed by atoms with Gasteiger partial charge in [0, 0.05) is 18.0 Å². The number of hydrogen-bond donors (Lipinski definition) is 2. The van der Waals surface area contributed by atoms with E-state index < -0.39 is 5.97 Å². The number of aryl methyl sites for hydroxylation is 1. The van der Waals surface area contributed by atoms with Crippen LogP contribution in [0.2, 0.25) is 0 Å². The van der Waals surface area contributed by atoms with Crippen LogP contribution >= 0.6 is 11.3 Å². The van der Waals surface area contributed by atoms with Crippen LogP contribution in [0, 0.1) is 5.92 Å². The summed E-state index contributed by atoms with van der Waals surface area (Å²) in [5, 5.41) is 13.9. The Morgan fingerprint density at radius 3 is 2.75 bits per heavy atom. The molecule has 1 aliphatic heterocycles. The molecule has 2 amide bonds. The van der Waals surface area contributed by atoms with Crippen molar-refractivity contribution < 1.29 is 14.7 Å².